The molecule has 170 valence electrons. The number of nitrogens with one attached hydrogen (secondary N) is 2. The van der Waals surface area contributed by atoms with Crippen molar-refractivity contribution in [3.63, 3.8) is 0 Å². The minimum Gasteiger partial charge on any atom is -0.423 e. The highest BCUT2D eigenvalue weighted by Gasteiger charge is 2.39. The molecule has 9 heteroatoms. The number of rotatable bonds is 4. The van der Waals surface area contributed by atoms with Gasteiger partial charge in [-0.1, -0.05) is 0 Å². The van der Waals surface area contributed by atoms with Crippen LogP contribution in [0.15, 0.2) is 30.5 Å². The summed E-state index contributed by atoms with van der Waals surface area (Å²) >= 11 is 0. The Bertz CT molecular complexity index is 1200. The lowest BCUT2D eigenvalue weighted by Gasteiger charge is -2.25. The predicted octanol–water partition coefficient (Wildman–Crippen LogP) is 2.90. The number of nitrogens with zero attached hydrogens (tertiary/aromatic N) is 4. The predicted molar refractivity (Wildman–Crippen MR) is 123 cm³/mol. The maximum atomic E-state index is 14.5. The molecule has 0 spiro atoms. The highest BCUT2D eigenvalue weighted by atomic mass is 19.1. The lowest BCUT2D eigenvalue weighted by Crippen LogP contribution is -2.47. The molecule has 2 N–H and O–H groups in total. The standard InChI is InChI=1S/C24H25FN6O2/c1-13-3-4-15(10-28-13)33-24-29-19-9-16-17(7-14(25)8-18(16)26-2)22(19)23(30-24)31-11-20-21(12-31)32-6-5-27-20/h3-4,7-8,10,20-21,26-27H,5-6,9,11-12H2,1-2H3/t20-,21+/m0/s1. The summed E-state index contributed by atoms with van der Waals surface area (Å²) in [6.45, 7) is 4.92. The van der Waals surface area contributed by atoms with Crippen molar-refractivity contribution in [2.75, 3.05) is 43.5 Å². The Balaban J connectivity index is 1.45. The van der Waals surface area contributed by atoms with Crippen molar-refractivity contribution in [1.29, 1.82) is 0 Å². The average molecular weight is 449 g/mol. The Morgan fingerprint density at radius 3 is 2.94 bits per heavy atom. The van der Waals surface area contributed by atoms with Crippen molar-refractivity contribution in [2.24, 2.45) is 0 Å². The van der Waals surface area contributed by atoms with Crippen LogP contribution in [0.4, 0.5) is 15.9 Å². The van der Waals surface area contributed by atoms with Crippen LogP contribution in [-0.2, 0) is 11.2 Å². The van der Waals surface area contributed by atoms with Crippen molar-refractivity contribution in [2.45, 2.75) is 25.5 Å². The molecule has 2 aromatic heterocycles. The molecule has 0 saturated carbocycles. The molecule has 33 heavy (non-hydrogen) atoms. The summed E-state index contributed by atoms with van der Waals surface area (Å²) in [6.07, 6.45) is 2.34. The first-order chi connectivity index (χ1) is 16.1. The summed E-state index contributed by atoms with van der Waals surface area (Å²) in [5, 5.41) is 6.66. The van der Waals surface area contributed by atoms with Crippen LogP contribution in [0.2, 0.25) is 0 Å². The van der Waals surface area contributed by atoms with E-state index in [-0.39, 0.29) is 24.0 Å². The van der Waals surface area contributed by atoms with Crippen LogP contribution < -0.4 is 20.3 Å². The number of aromatic nitrogens is 3. The van der Waals surface area contributed by atoms with Crippen LogP contribution in [0, 0.1) is 12.7 Å². The fourth-order valence-electron chi connectivity index (χ4n) is 4.98. The van der Waals surface area contributed by atoms with Crippen molar-refractivity contribution in [3.05, 3.63) is 53.2 Å². The summed E-state index contributed by atoms with van der Waals surface area (Å²) in [5.41, 5.74) is 5.22. The molecular formula is C24H25FN6O2. The van der Waals surface area contributed by atoms with E-state index in [1.165, 1.54) is 6.07 Å². The first kappa shape index (κ1) is 20.3. The quantitative estimate of drug-likeness (QED) is 0.493. The molecule has 0 amide bonds. The number of morpholine rings is 1. The van der Waals surface area contributed by atoms with E-state index in [9.17, 15) is 4.39 Å². The second-order valence-corrected chi connectivity index (χ2v) is 8.67. The van der Waals surface area contributed by atoms with Crippen molar-refractivity contribution < 1.29 is 13.9 Å². The van der Waals surface area contributed by atoms with Gasteiger partial charge in [0.2, 0.25) is 0 Å². The first-order valence-electron chi connectivity index (χ1n) is 11.2. The van der Waals surface area contributed by atoms with Crippen LogP contribution in [0.25, 0.3) is 11.1 Å². The van der Waals surface area contributed by atoms with E-state index in [0.717, 1.165) is 52.7 Å². The van der Waals surface area contributed by atoms with Gasteiger partial charge in [0.05, 0.1) is 30.6 Å². The molecule has 3 aromatic rings. The van der Waals surface area contributed by atoms with E-state index < -0.39 is 0 Å². The third kappa shape index (κ3) is 3.57. The Labute approximate surface area is 191 Å². The van der Waals surface area contributed by atoms with Gasteiger partial charge in [0.15, 0.2) is 0 Å². The van der Waals surface area contributed by atoms with Gasteiger partial charge in [-0.3, -0.25) is 4.98 Å². The summed E-state index contributed by atoms with van der Waals surface area (Å²) in [6, 6.07) is 7.33. The molecule has 2 aliphatic heterocycles. The Kier molecular flexibility index (Phi) is 4.88. The van der Waals surface area contributed by atoms with Crippen molar-refractivity contribution in [3.8, 4) is 22.9 Å². The van der Waals surface area contributed by atoms with Crippen LogP contribution in [0.3, 0.4) is 0 Å². The molecule has 4 heterocycles. The molecular weight excluding hydrogens is 423 g/mol. The number of anilines is 2. The summed E-state index contributed by atoms with van der Waals surface area (Å²) in [7, 11) is 1.80. The zero-order valence-corrected chi connectivity index (χ0v) is 18.6. The Morgan fingerprint density at radius 2 is 2.15 bits per heavy atom. The Hall–Kier alpha value is -3.30. The third-order valence-corrected chi connectivity index (χ3v) is 6.54. The molecule has 0 bridgehead atoms. The van der Waals surface area contributed by atoms with Crippen molar-refractivity contribution >= 4 is 11.5 Å². The second kappa shape index (κ2) is 7.93. The lowest BCUT2D eigenvalue weighted by atomic mass is 10.0. The molecule has 2 saturated heterocycles. The molecule has 0 radical (unpaired) electrons. The Morgan fingerprint density at radius 1 is 1.24 bits per heavy atom. The van der Waals surface area contributed by atoms with Gasteiger partial charge in [-0.15, -0.1) is 0 Å². The molecule has 8 nitrogen and oxygen atoms in total. The average Bonchev–Trinajstić information content (AvgIpc) is 3.41. The number of hydrogen-bond donors (Lipinski definition) is 2. The number of halogens is 1. The van der Waals surface area contributed by atoms with Crippen molar-refractivity contribution in [1.82, 2.24) is 20.3 Å². The first-order valence-corrected chi connectivity index (χ1v) is 11.2. The highest BCUT2D eigenvalue weighted by molar-refractivity contribution is 5.88. The van der Waals surface area contributed by atoms with Gasteiger partial charge >= 0.3 is 6.01 Å². The van der Waals surface area contributed by atoms with Crippen LogP contribution in [0.5, 0.6) is 11.8 Å². The summed E-state index contributed by atoms with van der Waals surface area (Å²) in [4.78, 5) is 16.1. The zero-order chi connectivity index (χ0) is 22.5. The van der Waals surface area contributed by atoms with Crippen LogP contribution in [-0.4, -0.2) is 60.4 Å². The van der Waals surface area contributed by atoms with Crippen LogP contribution in [0.1, 0.15) is 17.0 Å². The van der Waals surface area contributed by atoms with E-state index in [2.05, 4.69) is 20.5 Å². The normalized spacial score (nSPS) is 20.9. The fraction of sp³-hybridized carbons (Fsp3) is 0.375. The monoisotopic (exact) mass is 448 g/mol. The fourth-order valence-corrected chi connectivity index (χ4v) is 4.98. The van der Waals surface area contributed by atoms with Gasteiger partial charge in [-0.2, -0.15) is 9.97 Å². The van der Waals surface area contributed by atoms with Gasteiger partial charge in [0, 0.05) is 50.0 Å². The lowest BCUT2D eigenvalue weighted by molar-refractivity contribution is 0.0212. The SMILES string of the molecule is CNc1cc(F)cc2c1Cc1nc(Oc3ccc(C)nc3)nc(N3C[C@@H]4NCCO[C@@H]4C3)c1-2. The molecule has 6 rings (SSSR count). The van der Waals surface area contributed by atoms with Crippen LogP contribution >= 0.6 is 0 Å². The number of hydrogen-bond acceptors (Lipinski definition) is 8. The number of fused-ring (bicyclic) bond motifs is 4. The molecule has 1 aromatic carbocycles. The third-order valence-electron chi connectivity index (χ3n) is 6.54. The molecule has 0 unspecified atom stereocenters. The zero-order valence-electron chi connectivity index (χ0n) is 18.6. The van der Waals surface area contributed by atoms with Gasteiger partial charge in [-0.25, -0.2) is 4.39 Å². The number of benzene rings is 1. The van der Waals surface area contributed by atoms with E-state index in [1.807, 2.05) is 19.1 Å². The van der Waals surface area contributed by atoms with E-state index in [1.54, 1.807) is 19.3 Å². The number of pyridine rings is 1. The number of ether oxygens (including phenoxy) is 2. The van der Waals surface area contributed by atoms with Gasteiger partial charge in [0.25, 0.3) is 0 Å². The minimum atomic E-state index is -0.289. The molecule has 1 aliphatic carbocycles. The highest BCUT2D eigenvalue weighted by Crippen LogP contribution is 2.46. The second-order valence-electron chi connectivity index (χ2n) is 8.67. The summed E-state index contributed by atoms with van der Waals surface area (Å²) in [5.74, 6) is 1.04. The maximum Gasteiger partial charge on any atom is 0.324 e. The molecule has 2 atom stereocenters. The number of aryl methyl sites for hydroxylation is 1. The minimum absolute atomic E-state index is 0.0938. The van der Waals surface area contributed by atoms with Gasteiger partial charge in [0.1, 0.15) is 17.4 Å². The van der Waals surface area contributed by atoms with E-state index in [4.69, 9.17) is 19.4 Å². The van der Waals surface area contributed by atoms with Gasteiger partial charge in [-0.05, 0) is 42.3 Å². The maximum absolute atomic E-state index is 14.5. The smallest absolute Gasteiger partial charge is 0.324 e. The summed E-state index contributed by atoms with van der Waals surface area (Å²) < 4.78 is 26.5. The van der Waals surface area contributed by atoms with E-state index >= 15 is 0 Å². The molecule has 3 aliphatic rings. The topological polar surface area (TPSA) is 84.4 Å². The van der Waals surface area contributed by atoms with Gasteiger partial charge < -0.3 is 25.0 Å². The van der Waals surface area contributed by atoms with E-state index in [0.29, 0.717) is 25.3 Å². The largest absolute Gasteiger partial charge is 0.423 e. The molecule has 2 fully saturated rings.